The van der Waals surface area contributed by atoms with Gasteiger partial charge in [0.25, 0.3) is 0 Å². The van der Waals surface area contributed by atoms with Crippen LogP contribution in [0.25, 0.3) is 0 Å². The number of ether oxygens (including phenoxy) is 6. The van der Waals surface area contributed by atoms with Crippen LogP contribution < -0.4 is 0 Å². The fourth-order valence-corrected chi connectivity index (χ4v) is 2.15. The third-order valence-corrected chi connectivity index (χ3v) is 3.50. The monoisotopic (exact) mass is 528 g/mol. The van der Waals surface area contributed by atoms with E-state index in [1.807, 2.05) is 0 Å². The quantitative estimate of drug-likeness (QED) is 0.107. The Bertz CT molecular complexity index is 740. The van der Waals surface area contributed by atoms with E-state index >= 15 is 0 Å². The maximum absolute atomic E-state index is 12.3. The molecule has 0 saturated heterocycles. The fourth-order valence-electron chi connectivity index (χ4n) is 2.15. The molecule has 14 nitrogen and oxygen atoms in total. The Morgan fingerprint density at radius 1 is 0.600 bits per heavy atom. The first kappa shape index (κ1) is 32.8. The molecule has 1 aromatic rings. The molecule has 202 valence electrons. The van der Waals surface area contributed by atoms with Crippen molar-refractivity contribution in [2.45, 2.75) is 0 Å². The van der Waals surface area contributed by atoms with Crippen LogP contribution in [0.2, 0.25) is 0 Å². The summed E-state index contributed by atoms with van der Waals surface area (Å²) in [7, 11) is -4.67. The minimum atomic E-state index is -4.67. The highest BCUT2D eigenvalue weighted by Crippen LogP contribution is 2.12. The molecule has 4 N–H and O–H groups in total. The van der Waals surface area contributed by atoms with Crippen LogP contribution in [0.4, 0.5) is 0 Å². The van der Waals surface area contributed by atoms with Crippen LogP contribution in [0.15, 0.2) is 24.3 Å². The molecule has 0 aliphatic carbocycles. The molecular weight excluding hydrogens is 496 g/mol. The zero-order chi connectivity index (χ0) is 26.4. The average molecular weight is 529 g/mol. The highest BCUT2D eigenvalue weighted by molar-refractivity contribution is 7.79. The Hall–Kier alpha value is -2.21. The van der Waals surface area contributed by atoms with Gasteiger partial charge >= 0.3 is 22.3 Å². The summed E-state index contributed by atoms with van der Waals surface area (Å²) in [5, 5.41) is 17.1. The predicted octanol–water partition coefficient (Wildman–Crippen LogP) is -0.602. The minimum absolute atomic E-state index is 0.0222. The second-order valence-electron chi connectivity index (χ2n) is 6.16. The molecule has 35 heavy (non-hydrogen) atoms. The number of hydrogen-bond donors (Lipinski definition) is 4. The Morgan fingerprint density at radius 3 is 1.20 bits per heavy atom. The Morgan fingerprint density at radius 2 is 0.886 bits per heavy atom. The molecule has 0 amide bonds. The molecule has 0 atom stereocenters. The lowest BCUT2D eigenvalue weighted by Crippen LogP contribution is -2.18. The molecule has 0 fully saturated rings. The molecule has 0 heterocycles. The molecule has 1 rings (SSSR count). The van der Waals surface area contributed by atoms with Crippen LogP contribution in [-0.2, 0) is 38.8 Å². The van der Waals surface area contributed by atoms with E-state index in [-0.39, 0.29) is 64.0 Å². The zero-order valence-corrected chi connectivity index (χ0v) is 19.9. The molecule has 15 heteroatoms. The first-order valence-electron chi connectivity index (χ1n) is 10.4. The van der Waals surface area contributed by atoms with E-state index in [9.17, 15) is 9.59 Å². The van der Waals surface area contributed by atoms with Crippen LogP contribution in [0.1, 0.15) is 20.7 Å². The molecule has 0 bridgehead atoms. The molecule has 0 spiro atoms. The van der Waals surface area contributed by atoms with Crippen molar-refractivity contribution in [2.24, 2.45) is 0 Å². The summed E-state index contributed by atoms with van der Waals surface area (Å²) < 4.78 is 62.4. The third kappa shape index (κ3) is 20.8. The maximum Gasteiger partial charge on any atom is 0.394 e. The zero-order valence-electron chi connectivity index (χ0n) is 19.1. The normalized spacial score (nSPS) is 10.9. The summed E-state index contributed by atoms with van der Waals surface area (Å²) in [4.78, 5) is 24.5. The molecule has 0 aliphatic rings. The van der Waals surface area contributed by atoms with Crippen molar-refractivity contribution in [1.82, 2.24) is 0 Å². The third-order valence-electron chi connectivity index (χ3n) is 3.50. The van der Waals surface area contributed by atoms with Gasteiger partial charge in [-0.3, -0.25) is 9.11 Å². The summed E-state index contributed by atoms with van der Waals surface area (Å²) >= 11 is 0. The van der Waals surface area contributed by atoms with Crippen molar-refractivity contribution in [1.29, 1.82) is 0 Å². The van der Waals surface area contributed by atoms with Crippen LogP contribution in [0.5, 0.6) is 0 Å². The highest BCUT2D eigenvalue weighted by atomic mass is 32.3. The maximum atomic E-state index is 12.3. The molecule has 0 radical (unpaired) electrons. The summed E-state index contributed by atoms with van der Waals surface area (Å²) in [6.07, 6.45) is 0. The summed E-state index contributed by atoms with van der Waals surface area (Å²) in [6.45, 7) is 2.10. The van der Waals surface area contributed by atoms with E-state index in [1.165, 1.54) is 12.1 Å². The van der Waals surface area contributed by atoms with E-state index in [0.717, 1.165) is 0 Å². The summed E-state index contributed by atoms with van der Waals surface area (Å²) in [5.74, 6) is -1.31. The van der Waals surface area contributed by atoms with Crippen LogP contribution in [0.3, 0.4) is 0 Å². The molecule has 0 aromatic heterocycles. The molecular formula is C20H32O14S. The Labute approximate surface area is 203 Å². The van der Waals surface area contributed by atoms with Gasteiger partial charge in [0.05, 0.1) is 77.2 Å². The fraction of sp³-hybridized carbons (Fsp3) is 0.600. The van der Waals surface area contributed by atoms with Gasteiger partial charge in [-0.05, 0) is 12.1 Å². The van der Waals surface area contributed by atoms with Crippen molar-refractivity contribution < 1.29 is 65.7 Å². The predicted molar refractivity (Wildman–Crippen MR) is 119 cm³/mol. The Balaban J connectivity index is 0.00000209. The SMILES string of the molecule is O=C(OCCOCCOCCO)c1ccccc1C(=O)OCCOCCOCCO.O=S(=O)(O)O. The molecule has 0 saturated carbocycles. The summed E-state index contributed by atoms with van der Waals surface area (Å²) in [5.41, 5.74) is 0.208. The van der Waals surface area contributed by atoms with Crippen molar-refractivity contribution in [2.75, 3.05) is 79.3 Å². The number of carbonyl (C=O) groups is 2. The van der Waals surface area contributed by atoms with Gasteiger partial charge in [-0.25, -0.2) is 9.59 Å². The van der Waals surface area contributed by atoms with Crippen LogP contribution in [0, 0.1) is 0 Å². The van der Waals surface area contributed by atoms with Gasteiger partial charge in [-0.1, -0.05) is 12.1 Å². The Kier molecular flexibility index (Phi) is 19.8. The van der Waals surface area contributed by atoms with E-state index in [1.54, 1.807) is 12.1 Å². The second kappa shape index (κ2) is 21.1. The smallest absolute Gasteiger partial charge is 0.394 e. The van der Waals surface area contributed by atoms with Gasteiger partial charge in [0.2, 0.25) is 0 Å². The van der Waals surface area contributed by atoms with Gasteiger partial charge in [0.1, 0.15) is 13.2 Å². The van der Waals surface area contributed by atoms with Crippen molar-refractivity contribution in [3.8, 4) is 0 Å². The summed E-state index contributed by atoms with van der Waals surface area (Å²) in [6, 6.07) is 6.21. The van der Waals surface area contributed by atoms with E-state index < -0.39 is 22.3 Å². The van der Waals surface area contributed by atoms with Crippen molar-refractivity contribution >= 4 is 22.3 Å². The van der Waals surface area contributed by atoms with Crippen LogP contribution >= 0.6 is 0 Å². The van der Waals surface area contributed by atoms with Crippen molar-refractivity contribution in [3.63, 3.8) is 0 Å². The van der Waals surface area contributed by atoms with Crippen molar-refractivity contribution in [3.05, 3.63) is 35.4 Å². The lowest BCUT2D eigenvalue weighted by Gasteiger charge is -2.10. The first-order chi connectivity index (χ1) is 16.7. The first-order valence-corrected chi connectivity index (χ1v) is 11.8. The number of rotatable bonds is 18. The number of benzene rings is 1. The van der Waals surface area contributed by atoms with Gasteiger partial charge in [-0.15, -0.1) is 0 Å². The molecule has 1 aromatic carbocycles. The van der Waals surface area contributed by atoms with E-state index in [0.29, 0.717) is 26.4 Å². The van der Waals surface area contributed by atoms with Gasteiger partial charge < -0.3 is 38.6 Å². The lowest BCUT2D eigenvalue weighted by molar-refractivity contribution is 0.00746. The highest BCUT2D eigenvalue weighted by Gasteiger charge is 2.18. The van der Waals surface area contributed by atoms with Gasteiger partial charge in [0.15, 0.2) is 0 Å². The number of aliphatic hydroxyl groups is 2. The lowest BCUT2D eigenvalue weighted by atomic mass is 10.1. The number of aliphatic hydroxyl groups excluding tert-OH is 2. The standard InChI is InChI=1S/C20H30O10.H2O4S/c21-5-7-25-9-11-27-13-15-29-19(23)17-3-1-2-4-18(17)20(24)30-16-14-28-12-10-26-8-6-22;1-5(2,3)4/h1-4,21-22H,5-16H2;(H2,1,2,3,4). The van der Waals surface area contributed by atoms with Crippen LogP contribution in [-0.4, -0.2) is 119 Å². The van der Waals surface area contributed by atoms with Gasteiger partial charge in [-0.2, -0.15) is 8.42 Å². The molecule has 0 aliphatic heterocycles. The topological polar surface area (TPSA) is 205 Å². The largest absolute Gasteiger partial charge is 0.460 e. The minimum Gasteiger partial charge on any atom is -0.460 e. The number of esters is 2. The number of hydrogen-bond acceptors (Lipinski definition) is 12. The molecule has 0 unspecified atom stereocenters. The number of carbonyl (C=O) groups excluding carboxylic acids is 2. The average Bonchev–Trinajstić information content (AvgIpc) is 2.81. The van der Waals surface area contributed by atoms with E-state index in [2.05, 4.69) is 0 Å². The van der Waals surface area contributed by atoms with Gasteiger partial charge in [0, 0.05) is 0 Å². The second-order valence-corrected chi connectivity index (χ2v) is 7.06. The van der Waals surface area contributed by atoms with E-state index in [4.69, 9.17) is 56.2 Å².